The number of amides is 1. The molecule has 34 heavy (non-hydrogen) atoms. The average Bonchev–Trinajstić information content (AvgIpc) is 3.58. The van der Waals surface area contributed by atoms with Gasteiger partial charge < -0.3 is 10.2 Å². The molecule has 0 unspecified atom stereocenters. The third kappa shape index (κ3) is 5.84. The molecule has 2 saturated heterocycles. The van der Waals surface area contributed by atoms with Crippen LogP contribution in [0.2, 0.25) is 0 Å². The fourth-order valence-electron chi connectivity index (χ4n) is 4.76. The van der Waals surface area contributed by atoms with Crippen molar-refractivity contribution in [2.45, 2.75) is 19.4 Å². The molecule has 1 N–H and O–H groups in total. The predicted octanol–water partition coefficient (Wildman–Crippen LogP) is 2.48. The van der Waals surface area contributed by atoms with Gasteiger partial charge in [0.05, 0.1) is 5.92 Å². The Bertz CT molecular complexity index is 1030. The number of nitrogens with one attached hydrogen (secondary N) is 1. The van der Waals surface area contributed by atoms with Gasteiger partial charge in [-0.3, -0.25) is 19.2 Å². The van der Waals surface area contributed by atoms with Crippen molar-refractivity contribution in [1.82, 2.24) is 29.9 Å². The number of hydrogen-bond acceptors (Lipinski definition) is 7. The van der Waals surface area contributed by atoms with Gasteiger partial charge in [-0.2, -0.15) is 0 Å². The van der Waals surface area contributed by atoms with E-state index in [0.717, 1.165) is 68.9 Å². The highest BCUT2D eigenvalue weighted by molar-refractivity contribution is 7.17. The minimum Gasteiger partial charge on any atom is -0.355 e. The highest BCUT2D eigenvalue weighted by Crippen LogP contribution is 2.27. The number of carbonyl (C=O) groups excluding carboxylic acids is 1. The monoisotopic (exact) mass is 479 g/mol. The minimum atomic E-state index is 0.00963. The van der Waals surface area contributed by atoms with Crippen molar-refractivity contribution in [3.63, 3.8) is 0 Å². The first-order valence-corrected chi connectivity index (χ1v) is 13.0. The number of aromatic nitrogens is 3. The molecule has 3 aromatic rings. The van der Waals surface area contributed by atoms with Gasteiger partial charge in [0.2, 0.25) is 16.2 Å². The fraction of sp³-hybridized carbons (Fsp3) is 0.480. The Kier molecular flexibility index (Phi) is 7.52. The number of piperidine rings is 1. The highest BCUT2D eigenvalue weighted by Gasteiger charge is 2.28. The van der Waals surface area contributed by atoms with Gasteiger partial charge in [-0.05, 0) is 30.5 Å². The lowest BCUT2D eigenvalue weighted by Crippen LogP contribution is -2.49. The van der Waals surface area contributed by atoms with Crippen molar-refractivity contribution >= 4 is 22.4 Å². The molecule has 1 amide bonds. The van der Waals surface area contributed by atoms with Gasteiger partial charge in [0.25, 0.3) is 0 Å². The zero-order valence-corrected chi connectivity index (χ0v) is 20.4. The summed E-state index contributed by atoms with van der Waals surface area (Å²) in [7, 11) is 0. The zero-order valence-electron chi connectivity index (χ0n) is 19.6. The second-order valence-electron chi connectivity index (χ2n) is 9.14. The number of anilines is 1. The van der Waals surface area contributed by atoms with E-state index in [-0.39, 0.29) is 11.8 Å². The van der Waals surface area contributed by atoms with Crippen LogP contribution in [0.1, 0.15) is 18.4 Å². The minimum absolute atomic E-state index is 0.00963. The Labute approximate surface area is 205 Å². The molecule has 8 nitrogen and oxygen atoms in total. The van der Waals surface area contributed by atoms with E-state index in [1.165, 1.54) is 5.56 Å². The van der Waals surface area contributed by atoms with E-state index in [0.29, 0.717) is 13.1 Å². The molecule has 0 aliphatic carbocycles. The topological polar surface area (TPSA) is 69.5 Å². The third-order valence-electron chi connectivity index (χ3n) is 6.73. The number of hydrogen-bond donors (Lipinski definition) is 1. The van der Waals surface area contributed by atoms with Crippen molar-refractivity contribution < 1.29 is 4.79 Å². The quantitative estimate of drug-likeness (QED) is 0.535. The van der Waals surface area contributed by atoms with Gasteiger partial charge in [-0.25, -0.2) is 0 Å². The van der Waals surface area contributed by atoms with Gasteiger partial charge in [0, 0.05) is 71.3 Å². The van der Waals surface area contributed by atoms with Crippen LogP contribution < -0.4 is 10.2 Å². The van der Waals surface area contributed by atoms with Gasteiger partial charge in [-0.15, -0.1) is 10.2 Å². The Morgan fingerprint density at radius 3 is 2.47 bits per heavy atom. The summed E-state index contributed by atoms with van der Waals surface area (Å²) >= 11 is 1.57. The lowest BCUT2D eigenvalue weighted by atomic mass is 9.97. The second-order valence-corrected chi connectivity index (χ2v) is 10.1. The fourth-order valence-corrected chi connectivity index (χ4v) is 5.61. The van der Waals surface area contributed by atoms with Crippen LogP contribution in [0.3, 0.4) is 0 Å². The number of rotatable bonds is 8. The standard InChI is InChI=1S/C25H33N7OS/c33-23(26-10-14-29-15-17-30(18-16-29)19-21-7-2-1-3-8-21)22-9-6-13-32(20-22)25-28-27-24(34-25)31-11-4-5-12-31/h1-5,7-8,11-12,22H,6,9-10,13-20H2,(H,26,33)/t22-/m0/s1. The molecule has 2 aliphatic heterocycles. The first-order chi connectivity index (χ1) is 16.7. The Morgan fingerprint density at radius 2 is 1.68 bits per heavy atom. The Hall–Kier alpha value is -2.75. The summed E-state index contributed by atoms with van der Waals surface area (Å²) in [5.41, 5.74) is 1.37. The molecule has 2 aliphatic rings. The lowest BCUT2D eigenvalue weighted by molar-refractivity contribution is -0.125. The van der Waals surface area contributed by atoms with Crippen molar-refractivity contribution in [2.75, 3.05) is 57.3 Å². The molecule has 0 saturated carbocycles. The first-order valence-electron chi connectivity index (χ1n) is 12.2. The molecule has 0 radical (unpaired) electrons. The van der Waals surface area contributed by atoms with Crippen LogP contribution in [0, 0.1) is 5.92 Å². The van der Waals surface area contributed by atoms with Crippen molar-refractivity contribution in [1.29, 1.82) is 0 Å². The maximum atomic E-state index is 12.9. The highest BCUT2D eigenvalue weighted by atomic mass is 32.1. The van der Waals surface area contributed by atoms with E-state index < -0.39 is 0 Å². The van der Waals surface area contributed by atoms with Crippen LogP contribution in [0.5, 0.6) is 0 Å². The van der Waals surface area contributed by atoms with Gasteiger partial charge in [0.1, 0.15) is 0 Å². The van der Waals surface area contributed by atoms with Crippen molar-refractivity contribution in [3.05, 3.63) is 60.4 Å². The molecular weight excluding hydrogens is 446 g/mol. The smallest absolute Gasteiger partial charge is 0.224 e. The number of benzene rings is 1. The Balaban J connectivity index is 1.03. The summed E-state index contributed by atoms with van der Waals surface area (Å²) in [5.74, 6) is 0.179. The van der Waals surface area contributed by atoms with Gasteiger partial charge >= 0.3 is 0 Å². The van der Waals surface area contributed by atoms with Crippen LogP contribution in [0.4, 0.5) is 5.13 Å². The Morgan fingerprint density at radius 1 is 0.941 bits per heavy atom. The molecular formula is C25H33N7OS. The zero-order chi connectivity index (χ0) is 23.2. The molecule has 2 fully saturated rings. The van der Waals surface area contributed by atoms with Crippen LogP contribution in [0.15, 0.2) is 54.9 Å². The molecule has 5 rings (SSSR count). The van der Waals surface area contributed by atoms with Gasteiger partial charge in [0.15, 0.2) is 0 Å². The average molecular weight is 480 g/mol. The summed E-state index contributed by atoms with van der Waals surface area (Å²) < 4.78 is 1.97. The number of carbonyl (C=O) groups is 1. The molecule has 1 aromatic carbocycles. The van der Waals surface area contributed by atoms with Crippen LogP contribution >= 0.6 is 11.3 Å². The van der Waals surface area contributed by atoms with E-state index in [9.17, 15) is 4.79 Å². The molecule has 0 spiro atoms. The molecule has 180 valence electrons. The summed E-state index contributed by atoms with van der Waals surface area (Å²) in [4.78, 5) is 20.0. The van der Waals surface area contributed by atoms with E-state index in [1.807, 2.05) is 29.1 Å². The predicted molar refractivity (Wildman–Crippen MR) is 135 cm³/mol. The molecule has 1 atom stereocenters. The van der Waals surface area contributed by atoms with Crippen LogP contribution in [-0.4, -0.2) is 82.8 Å². The van der Waals surface area contributed by atoms with E-state index in [4.69, 9.17) is 0 Å². The largest absolute Gasteiger partial charge is 0.355 e. The van der Waals surface area contributed by atoms with E-state index in [1.54, 1.807) is 11.3 Å². The normalized spacial score (nSPS) is 19.9. The maximum Gasteiger partial charge on any atom is 0.224 e. The summed E-state index contributed by atoms with van der Waals surface area (Å²) in [6.07, 6.45) is 5.88. The number of nitrogens with zero attached hydrogens (tertiary/aromatic N) is 6. The summed E-state index contributed by atoms with van der Waals surface area (Å²) in [5, 5.41) is 13.6. The summed E-state index contributed by atoms with van der Waals surface area (Å²) in [6, 6.07) is 14.6. The van der Waals surface area contributed by atoms with Crippen LogP contribution in [-0.2, 0) is 11.3 Å². The molecule has 2 aromatic heterocycles. The third-order valence-corrected chi connectivity index (χ3v) is 7.73. The second kappa shape index (κ2) is 11.1. The maximum absolute atomic E-state index is 12.9. The van der Waals surface area contributed by atoms with Crippen molar-refractivity contribution in [3.8, 4) is 5.13 Å². The van der Waals surface area contributed by atoms with Crippen molar-refractivity contribution in [2.24, 2.45) is 5.92 Å². The lowest BCUT2D eigenvalue weighted by Gasteiger charge is -2.35. The SMILES string of the molecule is O=C(NCCN1CCN(Cc2ccccc2)CC1)[C@H]1CCCN(c2nnc(-n3cccc3)s2)C1. The van der Waals surface area contributed by atoms with Crippen LogP contribution in [0.25, 0.3) is 5.13 Å². The van der Waals surface area contributed by atoms with E-state index >= 15 is 0 Å². The number of piperazine rings is 1. The molecule has 9 heteroatoms. The molecule has 4 heterocycles. The summed E-state index contributed by atoms with van der Waals surface area (Å²) in [6.45, 7) is 8.55. The van der Waals surface area contributed by atoms with E-state index in [2.05, 4.69) is 60.5 Å². The van der Waals surface area contributed by atoms with Gasteiger partial charge in [-0.1, -0.05) is 41.7 Å². The first kappa shape index (κ1) is 23.0. The molecule has 0 bridgehead atoms.